The summed E-state index contributed by atoms with van der Waals surface area (Å²) in [5, 5.41) is 3.04. The molecule has 3 atom stereocenters. The second kappa shape index (κ2) is 5.32. The number of nitroso groups, excluding NO2 is 1. The molecule has 1 fully saturated rings. The summed E-state index contributed by atoms with van der Waals surface area (Å²) in [6, 6.07) is 0. The van der Waals surface area contributed by atoms with Gasteiger partial charge >= 0.3 is 0 Å². The molecule has 1 aliphatic rings. The number of rotatable bonds is 4. The Morgan fingerprint density at radius 3 is 2.77 bits per heavy atom. The zero-order chi connectivity index (χ0) is 9.68. The van der Waals surface area contributed by atoms with Crippen molar-refractivity contribution in [1.29, 1.82) is 0 Å². The van der Waals surface area contributed by atoms with Crippen LogP contribution in [0.1, 0.15) is 32.6 Å². The predicted molar refractivity (Wildman–Crippen MR) is 54.3 cm³/mol. The van der Waals surface area contributed by atoms with Gasteiger partial charge in [-0.1, -0.05) is 18.5 Å². The maximum absolute atomic E-state index is 10.2. The van der Waals surface area contributed by atoms with Crippen LogP contribution in [0.5, 0.6) is 0 Å². The third-order valence-electron chi connectivity index (χ3n) is 3.25. The molecule has 0 aromatic carbocycles. The molecule has 2 N–H and O–H groups in total. The molecule has 3 unspecified atom stereocenters. The molecule has 0 heterocycles. The van der Waals surface area contributed by atoms with E-state index in [1.807, 2.05) is 0 Å². The molecule has 1 saturated carbocycles. The summed E-state index contributed by atoms with van der Waals surface area (Å²) in [5.74, 6) is 1.92. The molecule has 0 saturated heterocycles. The van der Waals surface area contributed by atoms with E-state index >= 15 is 0 Å². The standard InChI is InChI=1S/C10H20N2O/c1-8-2-3-9(4-5-11)10(6-8)7-12-13/h8-10H,2-7,11H2,1H3. The van der Waals surface area contributed by atoms with Gasteiger partial charge in [0, 0.05) is 0 Å². The van der Waals surface area contributed by atoms with Crippen molar-refractivity contribution in [3.63, 3.8) is 0 Å². The number of nitrogens with zero attached hydrogens (tertiary/aromatic N) is 1. The largest absolute Gasteiger partial charge is 0.330 e. The van der Waals surface area contributed by atoms with Crippen LogP contribution in [0.25, 0.3) is 0 Å². The maximum atomic E-state index is 10.2. The Morgan fingerprint density at radius 2 is 2.15 bits per heavy atom. The smallest absolute Gasteiger partial charge is 0.0842 e. The van der Waals surface area contributed by atoms with Gasteiger partial charge in [-0.15, -0.1) is 0 Å². The number of hydrogen-bond donors (Lipinski definition) is 1. The van der Waals surface area contributed by atoms with Gasteiger partial charge in [-0.25, -0.2) is 0 Å². The van der Waals surface area contributed by atoms with Crippen molar-refractivity contribution in [2.45, 2.75) is 32.6 Å². The number of hydrogen-bond acceptors (Lipinski definition) is 3. The molecule has 0 aliphatic heterocycles. The third-order valence-corrected chi connectivity index (χ3v) is 3.25. The Kier molecular flexibility index (Phi) is 4.36. The third kappa shape index (κ3) is 3.07. The molecule has 0 radical (unpaired) electrons. The van der Waals surface area contributed by atoms with E-state index in [0.717, 1.165) is 25.3 Å². The molecule has 13 heavy (non-hydrogen) atoms. The van der Waals surface area contributed by atoms with E-state index in [1.165, 1.54) is 12.8 Å². The minimum atomic E-state index is 0.495. The highest BCUT2D eigenvalue weighted by molar-refractivity contribution is 4.80. The van der Waals surface area contributed by atoms with E-state index in [0.29, 0.717) is 18.4 Å². The normalized spacial score (nSPS) is 34.5. The van der Waals surface area contributed by atoms with Gasteiger partial charge in [-0.2, -0.15) is 4.91 Å². The van der Waals surface area contributed by atoms with Crippen molar-refractivity contribution in [2.75, 3.05) is 13.1 Å². The van der Waals surface area contributed by atoms with Crippen LogP contribution in [0, 0.1) is 22.7 Å². The first-order chi connectivity index (χ1) is 6.27. The number of nitrogens with two attached hydrogens (primary N) is 1. The first kappa shape index (κ1) is 10.6. The highest BCUT2D eigenvalue weighted by atomic mass is 16.3. The van der Waals surface area contributed by atoms with Crippen molar-refractivity contribution in [3.8, 4) is 0 Å². The molecule has 0 bridgehead atoms. The van der Waals surface area contributed by atoms with Crippen LogP contribution >= 0.6 is 0 Å². The fourth-order valence-electron chi connectivity index (χ4n) is 2.47. The molecule has 3 nitrogen and oxygen atoms in total. The van der Waals surface area contributed by atoms with Crippen molar-refractivity contribution >= 4 is 0 Å². The maximum Gasteiger partial charge on any atom is 0.0842 e. The molecule has 1 rings (SSSR count). The highest BCUT2D eigenvalue weighted by Gasteiger charge is 2.27. The van der Waals surface area contributed by atoms with Gasteiger partial charge in [-0.3, -0.25) is 0 Å². The summed E-state index contributed by atoms with van der Waals surface area (Å²) in [4.78, 5) is 10.2. The minimum Gasteiger partial charge on any atom is -0.330 e. The second-order valence-electron chi connectivity index (χ2n) is 4.33. The summed E-state index contributed by atoms with van der Waals surface area (Å²) in [6.45, 7) is 3.50. The molecular weight excluding hydrogens is 164 g/mol. The van der Waals surface area contributed by atoms with Gasteiger partial charge in [0.15, 0.2) is 0 Å². The van der Waals surface area contributed by atoms with Gasteiger partial charge in [0.25, 0.3) is 0 Å². The van der Waals surface area contributed by atoms with Crippen molar-refractivity contribution in [2.24, 2.45) is 28.7 Å². The summed E-state index contributed by atoms with van der Waals surface area (Å²) in [5.41, 5.74) is 5.54. The first-order valence-electron chi connectivity index (χ1n) is 5.27. The van der Waals surface area contributed by atoms with Gasteiger partial charge in [-0.05, 0) is 43.6 Å². The van der Waals surface area contributed by atoms with Crippen molar-refractivity contribution in [1.82, 2.24) is 0 Å². The van der Waals surface area contributed by atoms with E-state index in [4.69, 9.17) is 5.73 Å². The molecule has 0 amide bonds. The zero-order valence-corrected chi connectivity index (χ0v) is 8.41. The lowest BCUT2D eigenvalue weighted by atomic mass is 9.73. The summed E-state index contributed by atoms with van der Waals surface area (Å²) < 4.78 is 0. The van der Waals surface area contributed by atoms with Crippen LogP contribution in [-0.4, -0.2) is 13.1 Å². The Balaban J connectivity index is 2.44. The van der Waals surface area contributed by atoms with E-state index in [-0.39, 0.29) is 0 Å². The molecule has 0 aromatic rings. The van der Waals surface area contributed by atoms with Crippen molar-refractivity contribution < 1.29 is 0 Å². The Morgan fingerprint density at radius 1 is 1.38 bits per heavy atom. The lowest BCUT2D eigenvalue weighted by Gasteiger charge is -2.33. The van der Waals surface area contributed by atoms with E-state index < -0.39 is 0 Å². The molecule has 1 aliphatic carbocycles. The van der Waals surface area contributed by atoms with E-state index in [2.05, 4.69) is 12.1 Å². The van der Waals surface area contributed by atoms with Crippen LogP contribution in [0.2, 0.25) is 0 Å². The second-order valence-corrected chi connectivity index (χ2v) is 4.33. The quantitative estimate of drug-likeness (QED) is 0.681. The summed E-state index contributed by atoms with van der Waals surface area (Å²) >= 11 is 0. The zero-order valence-electron chi connectivity index (χ0n) is 8.41. The van der Waals surface area contributed by atoms with E-state index in [9.17, 15) is 4.91 Å². The van der Waals surface area contributed by atoms with E-state index in [1.54, 1.807) is 0 Å². The SMILES string of the molecule is CC1CCC(CCN)C(CN=O)C1. The Hall–Kier alpha value is -0.440. The minimum absolute atomic E-state index is 0.495. The van der Waals surface area contributed by atoms with Crippen LogP contribution in [-0.2, 0) is 0 Å². The van der Waals surface area contributed by atoms with Crippen LogP contribution in [0.15, 0.2) is 5.18 Å². The monoisotopic (exact) mass is 184 g/mol. The molecular formula is C10H20N2O. The Bertz CT molecular complexity index is 161. The Labute approximate surface area is 80.1 Å². The summed E-state index contributed by atoms with van der Waals surface area (Å²) in [7, 11) is 0. The molecule has 76 valence electrons. The topological polar surface area (TPSA) is 55.4 Å². The van der Waals surface area contributed by atoms with Gasteiger partial charge in [0.2, 0.25) is 0 Å². The van der Waals surface area contributed by atoms with Gasteiger partial charge in [0.05, 0.1) is 6.54 Å². The highest BCUT2D eigenvalue weighted by Crippen LogP contribution is 2.35. The average molecular weight is 184 g/mol. The predicted octanol–water partition coefficient (Wildman–Crippen LogP) is 2.15. The fourth-order valence-corrected chi connectivity index (χ4v) is 2.47. The lowest BCUT2D eigenvalue weighted by molar-refractivity contribution is 0.187. The molecule has 0 aromatic heterocycles. The van der Waals surface area contributed by atoms with Crippen LogP contribution < -0.4 is 5.73 Å². The first-order valence-corrected chi connectivity index (χ1v) is 5.27. The fraction of sp³-hybridized carbons (Fsp3) is 1.00. The molecule has 3 heteroatoms. The van der Waals surface area contributed by atoms with Gasteiger partial charge < -0.3 is 5.73 Å². The van der Waals surface area contributed by atoms with Crippen molar-refractivity contribution in [3.05, 3.63) is 4.91 Å². The summed E-state index contributed by atoms with van der Waals surface area (Å²) in [6.07, 6.45) is 4.75. The average Bonchev–Trinajstić information content (AvgIpc) is 2.10. The van der Waals surface area contributed by atoms with Gasteiger partial charge in [0.1, 0.15) is 0 Å². The van der Waals surface area contributed by atoms with Crippen LogP contribution in [0.4, 0.5) is 0 Å². The molecule has 0 spiro atoms. The van der Waals surface area contributed by atoms with Crippen LogP contribution in [0.3, 0.4) is 0 Å². The lowest BCUT2D eigenvalue weighted by Crippen LogP contribution is -2.27.